The molecule has 1 atom stereocenters. The van der Waals surface area contributed by atoms with Crippen LogP contribution in [0.3, 0.4) is 0 Å². The molecule has 2 aromatic heterocycles. The molecule has 25 heavy (non-hydrogen) atoms. The molecule has 3 rings (SSSR count). The third-order valence-electron chi connectivity index (χ3n) is 4.27. The molecule has 9 nitrogen and oxygen atoms in total. The van der Waals surface area contributed by atoms with Crippen molar-refractivity contribution < 1.29 is 14.1 Å². The number of rotatable bonds is 4. The van der Waals surface area contributed by atoms with Crippen molar-refractivity contribution >= 4 is 17.8 Å². The summed E-state index contributed by atoms with van der Waals surface area (Å²) in [6, 6.07) is 3.24. The smallest absolute Gasteiger partial charge is 0.323 e. The van der Waals surface area contributed by atoms with Gasteiger partial charge in [-0.3, -0.25) is 14.8 Å². The van der Waals surface area contributed by atoms with Gasteiger partial charge in [-0.15, -0.1) is 0 Å². The van der Waals surface area contributed by atoms with E-state index in [4.69, 9.17) is 4.52 Å². The molecule has 3 amide bonds. The summed E-state index contributed by atoms with van der Waals surface area (Å²) < 4.78 is 6.85. The van der Waals surface area contributed by atoms with E-state index in [1.165, 1.54) is 0 Å². The van der Waals surface area contributed by atoms with Gasteiger partial charge in [-0.05, 0) is 18.9 Å². The molecule has 1 aliphatic rings. The first-order valence-electron chi connectivity index (χ1n) is 8.39. The molecule has 3 heterocycles. The van der Waals surface area contributed by atoms with Crippen LogP contribution in [0.15, 0.2) is 22.9 Å². The third-order valence-corrected chi connectivity index (χ3v) is 4.27. The Balaban J connectivity index is 1.63. The van der Waals surface area contributed by atoms with Gasteiger partial charge in [0.25, 0.3) is 5.91 Å². The number of likely N-dealkylation sites (tertiary alicyclic amines) is 1. The van der Waals surface area contributed by atoms with Gasteiger partial charge >= 0.3 is 6.03 Å². The number of anilines is 1. The van der Waals surface area contributed by atoms with E-state index in [1.807, 2.05) is 6.92 Å². The molecule has 2 N–H and O–H groups in total. The van der Waals surface area contributed by atoms with Crippen molar-refractivity contribution in [3.05, 3.63) is 29.8 Å². The molecule has 1 aliphatic heterocycles. The molecule has 0 radical (unpaired) electrons. The monoisotopic (exact) mass is 346 g/mol. The number of nitrogens with one attached hydrogen (secondary N) is 2. The Morgan fingerprint density at radius 3 is 3.00 bits per heavy atom. The summed E-state index contributed by atoms with van der Waals surface area (Å²) in [5.41, 5.74) is 0.374. The number of nitrogens with zero attached hydrogens (tertiary/aromatic N) is 4. The molecule has 1 fully saturated rings. The van der Waals surface area contributed by atoms with Gasteiger partial charge in [0.1, 0.15) is 11.5 Å². The summed E-state index contributed by atoms with van der Waals surface area (Å²) in [6.45, 7) is 3.15. The normalized spacial score (nSPS) is 17.4. The first-order chi connectivity index (χ1) is 12.1. The van der Waals surface area contributed by atoms with Crippen molar-refractivity contribution in [2.24, 2.45) is 0 Å². The van der Waals surface area contributed by atoms with Crippen molar-refractivity contribution in [1.29, 1.82) is 0 Å². The molecule has 0 aliphatic carbocycles. The lowest BCUT2D eigenvalue weighted by atomic mass is 10.1. The predicted octanol–water partition coefficient (Wildman–Crippen LogP) is 1.66. The maximum absolute atomic E-state index is 12.4. The fraction of sp³-hybridized carbons (Fsp3) is 0.500. The van der Waals surface area contributed by atoms with Crippen LogP contribution in [0.5, 0.6) is 0 Å². The average molecular weight is 346 g/mol. The lowest BCUT2D eigenvalue weighted by Gasteiger charge is -2.32. The number of urea groups is 1. The van der Waals surface area contributed by atoms with Gasteiger partial charge in [-0.1, -0.05) is 12.1 Å². The van der Waals surface area contributed by atoms with Gasteiger partial charge < -0.3 is 14.7 Å². The summed E-state index contributed by atoms with van der Waals surface area (Å²) in [5.74, 6) is 0.928. The van der Waals surface area contributed by atoms with E-state index >= 15 is 0 Å². The van der Waals surface area contributed by atoms with Crippen LogP contribution < -0.4 is 10.6 Å². The van der Waals surface area contributed by atoms with E-state index in [9.17, 15) is 9.59 Å². The van der Waals surface area contributed by atoms with Gasteiger partial charge in [0.05, 0.1) is 6.04 Å². The number of amides is 3. The molecule has 1 saturated heterocycles. The maximum atomic E-state index is 12.4. The molecular formula is C16H22N6O3. The second-order valence-corrected chi connectivity index (χ2v) is 5.96. The molecule has 0 saturated carbocycles. The zero-order valence-electron chi connectivity index (χ0n) is 14.4. The van der Waals surface area contributed by atoms with E-state index in [0.717, 1.165) is 25.0 Å². The van der Waals surface area contributed by atoms with E-state index < -0.39 is 0 Å². The summed E-state index contributed by atoms with van der Waals surface area (Å²) in [7, 11) is 1.57. The fourth-order valence-electron chi connectivity index (χ4n) is 2.87. The van der Waals surface area contributed by atoms with Crippen LogP contribution in [0.4, 0.5) is 10.6 Å². The van der Waals surface area contributed by atoms with Crippen molar-refractivity contribution in [3.63, 3.8) is 0 Å². The van der Waals surface area contributed by atoms with Crippen LogP contribution in [0, 0.1) is 0 Å². The molecule has 0 aromatic carbocycles. The van der Waals surface area contributed by atoms with Crippen molar-refractivity contribution in [2.75, 3.05) is 25.5 Å². The largest absolute Gasteiger partial charge is 0.359 e. The van der Waals surface area contributed by atoms with Crippen LogP contribution in [0.2, 0.25) is 0 Å². The minimum atomic E-state index is -0.220. The zero-order valence-corrected chi connectivity index (χ0v) is 14.4. The molecule has 134 valence electrons. The maximum Gasteiger partial charge on any atom is 0.323 e. The highest BCUT2D eigenvalue weighted by atomic mass is 16.5. The summed E-state index contributed by atoms with van der Waals surface area (Å²) in [4.78, 5) is 25.8. The number of hydrogen-bond donors (Lipinski definition) is 2. The standard InChI is InChI=1S/C16H22N6O3/c1-3-12-9-14(20-25-12)18-16(24)21-7-4-5-11(10-21)22-8-6-13(19-22)15(23)17-2/h6,8-9,11H,3-5,7,10H2,1-2H3,(H,17,23)(H,18,20,24). The molecule has 0 spiro atoms. The van der Waals surface area contributed by atoms with Crippen LogP contribution in [-0.4, -0.2) is 51.9 Å². The van der Waals surface area contributed by atoms with Gasteiger partial charge in [0.15, 0.2) is 5.82 Å². The Bertz CT molecular complexity index is 753. The van der Waals surface area contributed by atoms with Crippen LogP contribution in [0.1, 0.15) is 42.1 Å². The third kappa shape index (κ3) is 3.81. The van der Waals surface area contributed by atoms with Crippen LogP contribution in [0.25, 0.3) is 0 Å². The molecule has 1 unspecified atom stereocenters. The van der Waals surface area contributed by atoms with Crippen LogP contribution >= 0.6 is 0 Å². The number of aryl methyl sites for hydroxylation is 1. The zero-order chi connectivity index (χ0) is 17.8. The Labute approximate surface area is 145 Å². The van der Waals surface area contributed by atoms with E-state index in [2.05, 4.69) is 20.9 Å². The van der Waals surface area contributed by atoms with Gasteiger partial charge in [0.2, 0.25) is 0 Å². The minimum absolute atomic E-state index is 0.0430. The number of piperidine rings is 1. The number of aromatic nitrogens is 3. The van der Waals surface area contributed by atoms with E-state index in [1.54, 1.807) is 35.0 Å². The summed E-state index contributed by atoms with van der Waals surface area (Å²) in [5, 5.41) is 13.5. The lowest BCUT2D eigenvalue weighted by molar-refractivity contribution is 0.0956. The number of carbonyl (C=O) groups excluding carboxylic acids is 2. The predicted molar refractivity (Wildman–Crippen MR) is 90.4 cm³/mol. The van der Waals surface area contributed by atoms with Gasteiger partial charge in [0, 0.05) is 38.8 Å². The highest BCUT2D eigenvalue weighted by Gasteiger charge is 2.26. The molecule has 2 aromatic rings. The number of carbonyl (C=O) groups is 2. The average Bonchev–Trinajstić information content (AvgIpc) is 3.30. The quantitative estimate of drug-likeness (QED) is 0.876. The van der Waals surface area contributed by atoms with Crippen molar-refractivity contribution in [2.45, 2.75) is 32.2 Å². The van der Waals surface area contributed by atoms with E-state index in [-0.39, 0.29) is 18.0 Å². The van der Waals surface area contributed by atoms with Gasteiger partial charge in [-0.2, -0.15) is 5.10 Å². The first kappa shape index (κ1) is 17.0. The minimum Gasteiger partial charge on any atom is -0.359 e. The highest BCUT2D eigenvalue weighted by Crippen LogP contribution is 2.22. The fourth-order valence-corrected chi connectivity index (χ4v) is 2.87. The van der Waals surface area contributed by atoms with Crippen LogP contribution in [-0.2, 0) is 6.42 Å². The molecule has 0 bridgehead atoms. The SMILES string of the molecule is CCc1cc(NC(=O)N2CCCC(n3ccc(C(=O)NC)n3)C2)no1. The van der Waals surface area contributed by atoms with Gasteiger partial charge in [-0.25, -0.2) is 4.79 Å². The Kier molecular flexibility index (Phi) is 5.01. The highest BCUT2D eigenvalue weighted by molar-refractivity contribution is 5.91. The molecular weight excluding hydrogens is 324 g/mol. The Hall–Kier alpha value is -2.84. The second kappa shape index (κ2) is 7.37. The summed E-state index contributed by atoms with van der Waals surface area (Å²) in [6.07, 6.45) is 4.28. The lowest BCUT2D eigenvalue weighted by Crippen LogP contribution is -2.43. The molecule has 9 heteroatoms. The Morgan fingerprint density at radius 2 is 2.28 bits per heavy atom. The van der Waals surface area contributed by atoms with E-state index in [0.29, 0.717) is 24.6 Å². The number of hydrogen-bond acceptors (Lipinski definition) is 5. The first-order valence-corrected chi connectivity index (χ1v) is 8.39. The van der Waals surface area contributed by atoms with Crippen molar-refractivity contribution in [3.8, 4) is 0 Å². The topological polar surface area (TPSA) is 105 Å². The summed E-state index contributed by atoms with van der Waals surface area (Å²) >= 11 is 0. The second-order valence-electron chi connectivity index (χ2n) is 5.96. The van der Waals surface area contributed by atoms with Crippen molar-refractivity contribution in [1.82, 2.24) is 25.2 Å². The Morgan fingerprint density at radius 1 is 1.44 bits per heavy atom.